The highest BCUT2D eigenvalue weighted by Crippen LogP contribution is 2.33. The van der Waals surface area contributed by atoms with E-state index in [-0.39, 0.29) is 36.5 Å². The van der Waals surface area contributed by atoms with E-state index in [0.29, 0.717) is 6.61 Å². The number of benzene rings is 1. The predicted molar refractivity (Wildman–Crippen MR) is 74.6 cm³/mol. The topological polar surface area (TPSA) is 110 Å². The molecule has 1 aromatic carbocycles. The molecule has 0 amide bonds. The molecule has 118 valence electrons. The van der Waals surface area contributed by atoms with Gasteiger partial charge in [-0.05, 0) is 20.3 Å². The monoisotopic (exact) mass is 318 g/mol. The number of hydrogen-bond donors (Lipinski definition) is 2. The first kappa shape index (κ1) is 17.3. The SMILES string of the molecule is CCOc1cc(OCC)c(CCC(=O)O)c(S(=O)(=O)O)c1. The maximum atomic E-state index is 11.5. The van der Waals surface area contributed by atoms with E-state index in [1.165, 1.54) is 12.1 Å². The second kappa shape index (κ2) is 7.28. The Hall–Kier alpha value is -1.80. The summed E-state index contributed by atoms with van der Waals surface area (Å²) in [7, 11) is -4.52. The second-order valence-corrected chi connectivity index (χ2v) is 5.52. The van der Waals surface area contributed by atoms with Crippen LogP contribution in [0.15, 0.2) is 17.0 Å². The summed E-state index contributed by atoms with van der Waals surface area (Å²) >= 11 is 0. The Labute approximate surface area is 123 Å². The lowest BCUT2D eigenvalue weighted by Gasteiger charge is -2.15. The standard InChI is InChI=1S/C13H18O7S/c1-3-19-9-7-11(20-4-2)10(5-6-13(14)15)12(8-9)21(16,17)18/h7-8H,3-6H2,1-2H3,(H,14,15)(H,16,17,18). The first-order chi connectivity index (χ1) is 9.79. The van der Waals surface area contributed by atoms with Crippen LogP contribution in [0.5, 0.6) is 11.5 Å². The summed E-state index contributed by atoms with van der Waals surface area (Å²) in [5, 5.41) is 8.75. The van der Waals surface area contributed by atoms with E-state index in [1.54, 1.807) is 13.8 Å². The van der Waals surface area contributed by atoms with Crippen molar-refractivity contribution in [2.75, 3.05) is 13.2 Å². The van der Waals surface area contributed by atoms with Gasteiger partial charge in [-0.1, -0.05) is 0 Å². The fourth-order valence-corrected chi connectivity index (χ4v) is 2.62. The summed E-state index contributed by atoms with van der Waals surface area (Å²) < 4.78 is 42.9. The van der Waals surface area contributed by atoms with Gasteiger partial charge in [-0.25, -0.2) is 0 Å². The molecule has 0 aromatic heterocycles. The molecule has 0 spiro atoms. The molecule has 0 unspecified atom stereocenters. The van der Waals surface area contributed by atoms with Crippen molar-refractivity contribution in [3.63, 3.8) is 0 Å². The lowest BCUT2D eigenvalue weighted by Crippen LogP contribution is -2.09. The number of carboxylic acids is 1. The van der Waals surface area contributed by atoms with Gasteiger partial charge in [0.15, 0.2) is 0 Å². The summed E-state index contributed by atoms with van der Waals surface area (Å²) in [6.45, 7) is 4.01. The molecule has 7 nitrogen and oxygen atoms in total. The average Bonchev–Trinajstić information content (AvgIpc) is 2.36. The van der Waals surface area contributed by atoms with Crippen molar-refractivity contribution in [3.8, 4) is 11.5 Å². The highest BCUT2D eigenvalue weighted by molar-refractivity contribution is 7.85. The zero-order valence-electron chi connectivity index (χ0n) is 11.8. The van der Waals surface area contributed by atoms with E-state index in [4.69, 9.17) is 14.6 Å². The maximum Gasteiger partial charge on any atom is 0.303 e. The first-order valence-corrected chi connectivity index (χ1v) is 7.85. The summed E-state index contributed by atoms with van der Waals surface area (Å²) in [5.41, 5.74) is 0.130. The fourth-order valence-electron chi connectivity index (χ4n) is 1.84. The van der Waals surface area contributed by atoms with Gasteiger partial charge in [0.1, 0.15) is 16.4 Å². The van der Waals surface area contributed by atoms with E-state index < -0.39 is 21.0 Å². The lowest BCUT2D eigenvalue weighted by atomic mass is 10.1. The van der Waals surface area contributed by atoms with Crippen LogP contribution in [-0.2, 0) is 21.3 Å². The van der Waals surface area contributed by atoms with E-state index >= 15 is 0 Å². The van der Waals surface area contributed by atoms with Crippen LogP contribution in [0.1, 0.15) is 25.8 Å². The third-order valence-corrected chi connectivity index (χ3v) is 3.54. The van der Waals surface area contributed by atoms with Crippen LogP contribution >= 0.6 is 0 Å². The molecule has 0 fully saturated rings. The molecule has 0 aliphatic heterocycles. The Balaban J connectivity index is 3.42. The molecule has 0 atom stereocenters. The van der Waals surface area contributed by atoms with Gasteiger partial charge >= 0.3 is 5.97 Å². The van der Waals surface area contributed by atoms with Crippen LogP contribution in [0.4, 0.5) is 0 Å². The Morgan fingerprint density at radius 1 is 1.19 bits per heavy atom. The molecule has 0 bridgehead atoms. The molecule has 0 saturated heterocycles. The van der Waals surface area contributed by atoms with Crippen LogP contribution in [0.25, 0.3) is 0 Å². The maximum absolute atomic E-state index is 11.5. The van der Waals surface area contributed by atoms with Gasteiger partial charge in [0.2, 0.25) is 0 Å². The largest absolute Gasteiger partial charge is 0.494 e. The highest BCUT2D eigenvalue weighted by Gasteiger charge is 2.22. The molecule has 8 heteroatoms. The van der Waals surface area contributed by atoms with Crippen molar-refractivity contribution in [2.24, 2.45) is 0 Å². The number of aliphatic carboxylic acids is 1. The molecule has 1 rings (SSSR count). The fraction of sp³-hybridized carbons (Fsp3) is 0.462. The Kier molecular flexibility index (Phi) is 5.98. The minimum absolute atomic E-state index is 0.0772. The van der Waals surface area contributed by atoms with Gasteiger partial charge in [-0.15, -0.1) is 0 Å². The van der Waals surface area contributed by atoms with Crippen molar-refractivity contribution >= 4 is 16.1 Å². The third kappa shape index (κ3) is 4.91. The summed E-state index contributed by atoms with van der Waals surface area (Å²) in [5.74, 6) is -0.655. The Morgan fingerprint density at radius 3 is 2.29 bits per heavy atom. The van der Waals surface area contributed by atoms with Gasteiger partial charge in [-0.2, -0.15) is 8.42 Å². The minimum Gasteiger partial charge on any atom is -0.494 e. The minimum atomic E-state index is -4.52. The highest BCUT2D eigenvalue weighted by atomic mass is 32.2. The van der Waals surface area contributed by atoms with Crippen LogP contribution in [0.3, 0.4) is 0 Å². The smallest absolute Gasteiger partial charge is 0.303 e. The van der Waals surface area contributed by atoms with E-state index in [9.17, 15) is 17.8 Å². The normalized spacial score (nSPS) is 11.2. The van der Waals surface area contributed by atoms with Crippen LogP contribution in [0.2, 0.25) is 0 Å². The molecule has 0 aliphatic carbocycles. The lowest BCUT2D eigenvalue weighted by molar-refractivity contribution is -0.136. The van der Waals surface area contributed by atoms with Crippen molar-refractivity contribution in [2.45, 2.75) is 31.6 Å². The summed E-state index contributed by atoms with van der Waals surface area (Å²) in [6, 6.07) is 2.65. The number of hydrogen-bond acceptors (Lipinski definition) is 5. The van der Waals surface area contributed by atoms with Crippen LogP contribution < -0.4 is 9.47 Å². The van der Waals surface area contributed by atoms with Gasteiger partial charge in [0.25, 0.3) is 10.1 Å². The molecule has 0 saturated carbocycles. The van der Waals surface area contributed by atoms with Crippen molar-refractivity contribution < 1.29 is 32.3 Å². The van der Waals surface area contributed by atoms with Gasteiger partial charge < -0.3 is 14.6 Å². The molecule has 0 heterocycles. The Bertz CT molecular complexity index is 607. The van der Waals surface area contributed by atoms with Crippen molar-refractivity contribution in [1.82, 2.24) is 0 Å². The number of carboxylic acid groups (broad SMARTS) is 1. The van der Waals surface area contributed by atoms with Gasteiger partial charge in [-0.3, -0.25) is 9.35 Å². The van der Waals surface area contributed by atoms with Gasteiger partial charge in [0, 0.05) is 24.1 Å². The van der Waals surface area contributed by atoms with E-state index in [0.717, 1.165) is 0 Å². The molecule has 21 heavy (non-hydrogen) atoms. The molecule has 2 N–H and O–H groups in total. The van der Waals surface area contributed by atoms with E-state index in [1.807, 2.05) is 0 Å². The second-order valence-electron chi connectivity index (χ2n) is 4.13. The zero-order chi connectivity index (χ0) is 16.0. The van der Waals surface area contributed by atoms with Crippen molar-refractivity contribution in [1.29, 1.82) is 0 Å². The molecular formula is C13H18O7S. The molecule has 0 radical (unpaired) electrons. The Morgan fingerprint density at radius 2 is 1.81 bits per heavy atom. The molecule has 1 aromatic rings. The summed E-state index contributed by atoms with van der Waals surface area (Å²) in [4.78, 5) is 10.3. The number of rotatable bonds is 8. The first-order valence-electron chi connectivity index (χ1n) is 6.41. The number of carbonyl (C=O) groups is 1. The quantitative estimate of drug-likeness (QED) is 0.702. The van der Waals surface area contributed by atoms with Gasteiger partial charge in [0.05, 0.1) is 13.2 Å². The van der Waals surface area contributed by atoms with Crippen molar-refractivity contribution in [3.05, 3.63) is 17.7 Å². The van der Waals surface area contributed by atoms with Crippen LogP contribution in [-0.4, -0.2) is 37.3 Å². The average molecular weight is 318 g/mol. The predicted octanol–water partition coefficient (Wildman–Crippen LogP) is 1.75. The number of ether oxygens (including phenoxy) is 2. The van der Waals surface area contributed by atoms with E-state index in [2.05, 4.69) is 0 Å². The summed E-state index contributed by atoms with van der Waals surface area (Å²) in [6.07, 6.45) is -0.358. The molecule has 0 aliphatic rings. The van der Waals surface area contributed by atoms with Crippen LogP contribution in [0, 0.1) is 0 Å². The third-order valence-electron chi connectivity index (χ3n) is 2.62. The molecular weight excluding hydrogens is 300 g/mol. The zero-order valence-corrected chi connectivity index (χ0v) is 12.6.